The number of nitrogens with zero attached hydrogens (tertiary/aromatic N) is 3. The Labute approximate surface area is 139 Å². The fourth-order valence-corrected chi connectivity index (χ4v) is 4.61. The Balaban J connectivity index is 1.60. The number of carbonyl (C=O) groups is 1. The predicted octanol–water partition coefficient (Wildman–Crippen LogP) is 2.01. The van der Waals surface area contributed by atoms with Crippen molar-refractivity contribution in [3.05, 3.63) is 27.7 Å². The summed E-state index contributed by atoms with van der Waals surface area (Å²) in [6.45, 7) is 1.69. The highest BCUT2D eigenvalue weighted by molar-refractivity contribution is 6.05. The minimum atomic E-state index is -0.218. The van der Waals surface area contributed by atoms with Crippen LogP contribution in [-0.2, 0) is 7.05 Å². The van der Waals surface area contributed by atoms with Gasteiger partial charge in [0.05, 0.1) is 10.9 Å². The highest BCUT2D eigenvalue weighted by Gasteiger charge is 2.39. The minimum absolute atomic E-state index is 0.00963. The number of amides is 1. The van der Waals surface area contributed by atoms with Gasteiger partial charge in [-0.15, -0.1) is 0 Å². The summed E-state index contributed by atoms with van der Waals surface area (Å²) in [7, 11) is 1.78. The quantitative estimate of drug-likeness (QED) is 0.918. The second-order valence-corrected chi connectivity index (χ2v) is 7.73. The lowest BCUT2D eigenvalue weighted by molar-refractivity contribution is 0.0782. The molecule has 0 bridgehead atoms. The summed E-state index contributed by atoms with van der Waals surface area (Å²) in [4.78, 5) is 32.1. The first-order valence-corrected chi connectivity index (χ1v) is 9.00. The molecule has 0 radical (unpaired) electrons. The Morgan fingerprint density at radius 3 is 2.58 bits per heavy atom. The summed E-state index contributed by atoms with van der Waals surface area (Å²) in [6.07, 6.45) is 6.01. The first kappa shape index (κ1) is 14.3. The number of pyridine rings is 1. The molecule has 6 nitrogen and oxygen atoms in total. The van der Waals surface area contributed by atoms with Gasteiger partial charge >= 0.3 is 0 Å². The molecule has 6 heteroatoms. The van der Waals surface area contributed by atoms with Crippen molar-refractivity contribution in [2.24, 2.45) is 18.9 Å². The van der Waals surface area contributed by atoms with E-state index >= 15 is 0 Å². The van der Waals surface area contributed by atoms with Crippen LogP contribution in [0.2, 0.25) is 0 Å². The number of hydrogen-bond donors (Lipinski definition) is 1. The van der Waals surface area contributed by atoms with Crippen molar-refractivity contribution in [2.75, 3.05) is 13.1 Å². The maximum Gasteiger partial charge on any atom is 0.274 e. The standard InChI is InChI=1S/C18H22N4O2/c1-21-16-15(17(23)20-21)13(7-14(19-16)10-5-6-10)18(24)22-8-11-3-2-4-12(11)9-22/h7,10-12H,2-6,8-9H2,1H3,(H,20,23)/t11-,12+. The van der Waals surface area contributed by atoms with Gasteiger partial charge in [0.2, 0.25) is 0 Å². The number of rotatable bonds is 2. The maximum atomic E-state index is 13.2. The molecular weight excluding hydrogens is 304 g/mol. The summed E-state index contributed by atoms with van der Waals surface area (Å²) >= 11 is 0. The first-order chi connectivity index (χ1) is 11.6. The molecule has 5 rings (SSSR count). The zero-order chi connectivity index (χ0) is 16.4. The van der Waals surface area contributed by atoms with Crippen LogP contribution in [0.3, 0.4) is 0 Å². The van der Waals surface area contributed by atoms with E-state index < -0.39 is 0 Å². The third kappa shape index (κ3) is 2.05. The van der Waals surface area contributed by atoms with Crippen molar-refractivity contribution < 1.29 is 4.79 Å². The average Bonchev–Trinajstić information content (AvgIpc) is 3.09. The highest BCUT2D eigenvalue weighted by Crippen LogP contribution is 2.41. The lowest BCUT2D eigenvalue weighted by Gasteiger charge is -2.18. The molecule has 0 unspecified atom stereocenters. The van der Waals surface area contributed by atoms with Crippen molar-refractivity contribution in [1.29, 1.82) is 0 Å². The van der Waals surface area contributed by atoms with Crippen LogP contribution in [0.25, 0.3) is 11.0 Å². The molecule has 1 N–H and O–H groups in total. The fourth-order valence-electron chi connectivity index (χ4n) is 4.61. The molecule has 1 saturated heterocycles. The Kier molecular flexibility index (Phi) is 2.94. The van der Waals surface area contributed by atoms with E-state index in [-0.39, 0.29) is 11.5 Å². The molecular formula is C18H22N4O2. The van der Waals surface area contributed by atoms with Crippen LogP contribution < -0.4 is 5.56 Å². The molecule has 3 heterocycles. The van der Waals surface area contributed by atoms with E-state index in [0.29, 0.717) is 34.4 Å². The van der Waals surface area contributed by atoms with E-state index in [2.05, 4.69) is 10.1 Å². The van der Waals surface area contributed by atoms with Crippen molar-refractivity contribution in [1.82, 2.24) is 19.7 Å². The Bertz CT molecular complexity index is 880. The zero-order valence-electron chi connectivity index (χ0n) is 13.9. The van der Waals surface area contributed by atoms with E-state index in [1.54, 1.807) is 11.7 Å². The van der Waals surface area contributed by atoms with Gasteiger partial charge in [-0.2, -0.15) is 0 Å². The number of hydrogen-bond acceptors (Lipinski definition) is 3. The lowest BCUT2D eigenvalue weighted by Crippen LogP contribution is -2.30. The van der Waals surface area contributed by atoms with E-state index in [0.717, 1.165) is 31.6 Å². The van der Waals surface area contributed by atoms with Gasteiger partial charge in [0.25, 0.3) is 11.5 Å². The van der Waals surface area contributed by atoms with E-state index in [4.69, 9.17) is 0 Å². The van der Waals surface area contributed by atoms with Crippen LogP contribution in [0.1, 0.15) is 54.1 Å². The van der Waals surface area contributed by atoms with E-state index in [1.807, 2.05) is 11.0 Å². The molecule has 1 aliphatic heterocycles. The topological polar surface area (TPSA) is 71.0 Å². The molecule has 3 fully saturated rings. The van der Waals surface area contributed by atoms with Crippen molar-refractivity contribution in [3.63, 3.8) is 0 Å². The van der Waals surface area contributed by atoms with Crippen LogP contribution in [-0.4, -0.2) is 38.7 Å². The number of aromatic amines is 1. The first-order valence-electron chi connectivity index (χ1n) is 9.00. The van der Waals surface area contributed by atoms with Gasteiger partial charge in [0.15, 0.2) is 5.65 Å². The Morgan fingerprint density at radius 1 is 1.21 bits per heavy atom. The number of fused-ring (bicyclic) bond motifs is 2. The Morgan fingerprint density at radius 2 is 1.92 bits per heavy atom. The van der Waals surface area contributed by atoms with Gasteiger partial charge in [-0.3, -0.25) is 19.4 Å². The molecule has 0 spiro atoms. The SMILES string of the molecule is Cn1[nH]c(=O)c2c(C(=O)N3C[C@H]4CCC[C@H]4C3)cc(C3CC3)nc21. The Hall–Kier alpha value is -2.11. The summed E-state index contributed by atoms with van der Waals surface area (Å²) in [6, 6.07) is 1.88. The van der Waals surface area contributed by atoms with Crippen LogP contribution in [0.5, 0.6) is 0 Å². The number of nitrogens with one attached hydrogen (secondary N) is 1. The molecule has 24 heavy (non-hydrogen) atoms. The lowest BCUT2D eigenvalue weighted by atomic mass is 10.0. The van der Waals surface area contributed by atoms with E-state index in [1.165, 1.54) is 19.3 Å². The number of likely N-dealkylation sites (tertiary alicyclic amines) is 1. The normalized spacial score (nSPS) is 26.3. The molecule has 2 aliphatic carbocycles. The third-order valence-corrected chi connectivity index (χ3v) is 6.07. The molecule has 1 amide bonds. The van der Waals surface area contributed by atoms with Gasteiger partial charge in [-0.05, 0) is 43.6 Å². The van der Waals surface area contributed by atoms with Crippen molar-refractivity contribution >= 4 is 16.9 Å². The van der Waals surface area contributed by atoms with Crippen molar-refractivity contribution in [3.8, 4) is 0 Å². The third-order valence-electron chi connectivity index (χ3n) is 6.07. The molecule has 0 aromatic carbocycles. The molecule has 2 saturated carbocycles. The molecule has 3 aliphatic rings. The van der Waals surface area contributed by atoms with Gasteiger partial charge in [0, 0.05) is 31.7 Å². The molecule has 2 atom stereocenters. The van der Waals surface area contributed by atoms with E-state index in [9.17, 15) is 9.59 Å². The van der Waals surface area contributed by atoms with Gasteiger partial charge in [-0.1, -0.05) is 6.42 Å². The number of carbonyl (C=O) groups excluding carboxylic acids is 1. The summed E-state index contributed by atoms with van der Waals surface area (Å²) in [5, 5.41) is 3.20. The zero-order valence-corrected chi connectivity index (χ0v) is 13.9. The minimum Gasteiger partial charge on any atom is -0.338 e. The summed E-state index contributed by atoms with van der Waals surface area (Å²) in [5.41, 5.74) is 1.89. The summed E-state index contributed by atoms with van der Waals surface area (Å²) in [5.74, 6) is 1.77. The molecule has 2 aromatic rings. The van der Waals surface area contributed by atoms with Crippen molar-refractivity contribution in [2.45, 2.75) is 38.0 Å². The summed E-state index contributed by atoms with van der Waals surface area (Å²) < 4.78 is 1.64. The molecule has 2 aromatic heterocycles. The van der Waals surface area contributed by atoms with Gasteiger partial charge in [0.1, 0.15) is 0 Å². The smallest absolute Gasteiger partial charge is 0.274 e. The number of aromatic nitrogens is 3. The number of H-pyrrole nitrogens is 1. The van der Waals surface area contributed by atoms with Gasteiger partial charge < -0.3 is 4.90 Å². The monoisotopic (exact) mass is 326 g/mol. The average molecular weight is 326 g/mol. The number of aryl methyl sites for hydroxylation is 1. The second-order valence-electron chi connectivity index (χ2n) is 7.73. The van der Waals surface area contributed by atoms with Crippen LogP contribution in [0.4, 0.5) is 0 Å². The second kappa shape index (κ2) is 4.94. The maximum absolute atomic E-state index is 13.2. The largest absolute Gasteiger partial charge is 0.338 e. The van der Waals surface area contributed by atoms with Crippen LogP contribution in [0.15, 0.2) is 10.9 Å². The van der Waals surface area contributed by atoms with Crippen LogP contribution >= 0.6 is 0 Å². The molecule has 126 valence electrons. The fraction of sp³-hybridized carbons (Fsp3) is 0.611. The predicted molar refractivity (Wildman–Crippen MR) is 90.0 cm³/mol. The highest BCUT2D eigenvalue weighted by atomic mass is 16.2. The van der Waals surface area contributed by atoms with Gasteiger partial charge in [-0.25, -0.2) is 4.98 Å². The van der Waals surface area contributed by atoms with Crippen LogP contribution in [0, 0.1) is 11.8 Å².